The van der Waals surface area contributed by atoms with E-state index in [0.29, 0.717) is 31.6 Å². The number of piperidine rings is 1. The Balaban J connectivity index is 1.51. The van der Waals surface area contributed by atoms with Crippen LogP contribution in [-0.4, -0.2) is 49.4 Å². The third-order valence-electron chi connectivity index (χ3n) is 7.07. The second kappa shape index (κ2) is 9.07. The Bertz CT molecular complexity index is 1500. The molecule has 1 atom stereocenters. The van der Waals surface area contributed by atoms with E-state index in [1.165, 1.54) is 6.33 Å². The van der Waals surface area contributed by atoms with Crippen molar-refractivity contribution in [2.24, 2.45) is 0 Å². The van der Waals surface area contributed by atoms with Crippen LogP contribution in [-0.2, 0) is 15.0 Å². The molecule has 0 spiro atoms. The van der Waals surface area contributed by atoms with E-state index in [0.717, 1.165) is 11.1 Å². The van der Waals surface area contributed by atoms with Crippen LogP contribution in [0.2, 0.25) is 0 Å². The molecule has 4 aromatic rings. The van der Waals surface area contributed by atoms with Gasteiger partial charge in [0.05, 0.1) is 11.7 Å². The van der Waals surface area contributed by atoms with Gasteiger partial charge in [-0.15, -0.1) is 0 Å². The number of ketones is 1. The molecule has 0 bridgehead atoms. The summed E-state index contributed by atoms with van der Waals surface area (Å²) in [6.07, 6.45) is 2.58. The third-order valence-corrected chi connectivity index (χ3v) is 7.49. The third kappa shape index (κ3) is 3.91. The number of rotatable bonds is 5. The first-order chi connectivity index (χ1) is 16.9. The van der Waals surface area contributed by atoms with Gasteiger partial charge in [0.25, 0.3) is 5.56 Å². The number of Topliss-reactive ketones (excluding diaryl/α,β-unsaturated/α-hetero) is 1. The average molecular weight is 488 g/mol. The fourth-order valence-corrected chi connectivity index (χ4v) is 5.41. The maximum absolute atomic E-state index is 14.0. The molecule has 1 amide bonds. The van der Waals surface area contributed by atoms with Crippen LogP contribution in [0.3, 0.4) is 0 Å². The quantitative estimate of drug-likeness (QED) is 0.419. The molecule has 9 heteroatoms. The van der Waals surface area contributed by atoms with Crippen LogP contribution in [0.25, 0.3) is 11.0 Å². The number of carbonyl (C=O) groups excluding carboxylic acids is 2. The number of H-pyrrole nitrogens is 2. The van der Waals surface area contributed by atoms with Gasteiger partial charge in [0, 0.05) is 13.1 Å². The minimum absolute atomic E-state index is 0.110. The average Bonchev–Trinajstić information content (AvgIpc) is 3.28. The van der Waals surface area contributed by atoms with Crippen LogP contribution in [0.15, 0.2) is 71.8 Å². The van der Waals surface area contributed by atoms with Crippen molar-refractivity contribution in [2.45, 2.75) is 31.2 Å². The topological polar surface area (TPSA) is 104 Å². The Morgan fingerprint density at radius 1 is 1.00 bits per heavy atom. The maximum Gasteiger partial charge on any atom is 0.276 e. The number of fused-ring (bicyclic) bond motifs is 1. The van der Waals surface area contributed by atoms with Gasteiger partial charge < -0.3 is 9.47 Å². The summed E-state index contributed by atoms with van der Waals surface area (Å²) in [5.41, 5.74) is 1.10. The maximum atomic E-state index is 14.0. The normalized spacial score (nSPS) is 16.2. The molecule has 0 aliphatic carbocycles. The molecule has 3 heterocycles. The summed E-state index contributed by atoms with van der Waals surface area (Å²) in [7, 11) is 0. The van der Waals surface area contributed by atoms with Crippen LogP contribution in [0.5, 0.6) is 0 Å². The molecule has 178 valence electrons. The van der Waals surface area contributed by atoms with Gasteiger partial charge in [0.1, 0.15) is 21.9 Å². The lowest BCUT2D eigenvalue weighted by Crippen LogP contribution is -2.50. The lowest BCUT2D eigenvalue weighted by atomic mass is 9.70. The van der Waals surface area contributed by atoms with Crippen molar-refractivity contribution >= 4 is 34.9 Å². The molecule has 2 aromatic carbocycles. The van der Waals surface area contributed by atoms with Crippen LogP contribution in [0.1, 0.15) is 36.9 Å². The Labute approximate surface area is 206 Å². The van der Waals surface area contributed by atoms with Crippen LogP contribution in [0, 0.1) is 4.64 Å². The van der Waals surface area contributed by atoms with Gasteiger partial charge in [0.15, 0.2) is 5.65 Å². The molecule has 1 aliphatic heterocycles. The second-order valence-electron chi connectivity index (χ2n) is 8.90. The lowest BCUT2D eigenvalue weighted by Gasteiger charge is -2.41. The molecule has 0 saturated carbocycles. The second-order valence-corrected chi connectivity index (χ2v) is 9.29. The van der Waals surface area contributed by atoms with Gasteiger partial charge in [-0.2, -0.15) is 0 Å². The molecule has 1 unspecified atom stereocenters. The summed E-state index contributed by atoms with van der Waals surface area (Å²) >= 11 is 5.63. The fourth-order valence-electron chi connectivity index (χ4n) is 5.07. The highest BCUT2D eigenvalue weighted by atomic mass is 32.1. The van der Waals surface area contributed by atoms with Gasteiger partial charge in [0.2, 0.25) is 5.91 Å². The highest BCUT2D eigenvalue weighted by molar-refractivity contribution is 7.71. The molecule has 1 saturated heterocycles. The Hall–Kier alpha value is -3.85. The van der Waals surface area contributed by atoms with E-state index in [9.17, 15) is 14.4 Å². The highest BCUT2D eigenvalue weighted by Gasteiger charge is 2.42. The van der Waals surface area contributed by atoms with Crippen molar-refractivity contribution in [2.75, 3.05) is 13.1 Å². The number of nitrogens with zero attached hydrogens (tertiary/aromatic N) is 3. The minimum Gasteiger partial charge on any atom is -0.341 e. The number of carbonyl (C=O) groups is 2. The molecule has 2 aromatic heterocycles. The number of benzene rings is 2. The van der Waals surface area contributed by atoms with Gasteiger partial charge in [-0.05, 0) is 30.9 Å². The zero-order chi connectivity index (χ0) is 24.6. The van der Waals surface area contributed by atoms with Crippen LogP contribution >= 0.6 is 12.2 Å². The highest BCUT2D eigenvalue weighted by Crippen LogP contribution is 2.37. The van der Waals surface area contributed by atoms with E-state index < -0.39 is 11.5 Å². The van der Waals surface area contributed by atoms with Gasteiger partial charge in [-0.3, -0.25) is 24.6 Å². The largest absolute Gasteiger partial charge is 0.341 e. The van der Waals surface area contributed by atoms with E-state index in [2.05, 4.69) is 15.2 Å². The monoisotopic (exact) mass is 487 g/mol. The molecular weight excluding hydrogens is 462 g/mol. The number of aromatic nitrogens is 4. The minimum atomic E-state index is -0.781. The first-order valence-electron chi connectivity index (χ1n) is 11.5. The fraction of sp³-hybridized carbons (Fsp3) is 0.269. The summed E-state index contributed by atoms with van der Waals surface area (Å²) in [6, 6.07) is 18.3. The van der Waals surface area contributed by atoms with Crippen molar-refractivity contribution in [1.29, 1.82) is 0 Å². The Morgan fingerprint density at radius 2 is 1.63 bits per heavy atom. The van der Waals surface area contributed by atoms with Crippen molar-refractivity contribution in [3.05, 3.63) is 93.1 Å². The van der Waals surface area contributed by atoms with E-state index >= 15 is 0 Å². The number of hydrogen-bond donors (Lipinski definition) is 2. The summed E-state index contributed by atoms with van der Waals surface area (Å²) in [6.45, 7) is 2.50. The predicted molar refractivity (Wildman–Crippen MR) is 135 cm³/mol. The summed E-state index contributed by atoms with van der Waals surface area (Å²) in [5, 5.41) is 5.45. The number of aromatic amines is 2. The van der Waals surface area contributed by atoms with Gasteiger partial charge >= 0.3 is 0 Å². The van der Waals surface area contributed by atoms with Crippen LogP contribution in [0.4, 0.5) is 0 Å². The lowest BCUT2D eigenvalue weighted by molar-refractivity contribution is -0.137. The molecule has 1 aliphatic rings. The first kappa shape index (κ1) is 22.9. The van der Waals surface area contributed by atoms with Crippen LogP contribution < -0.4 is 5.56 Å². The Kier molecular flexibility index (Phi) is 5.94. The number of hydrogen-bond acceptors (Lipinski definition) is 5. The van der Waals surface area contributed by atoms with Gasteiger partial charge in [-0.25, -0.2) is 4.98 Å². The predicted octanol–water partition coefficient (Wildman–Crippen LogP) is 3.52. The molecule has 5 rings (SSSR count). The molecule has 1 fully saturated rings. The number of likely N-dealkylation sites (tertiary alicyclic amines) is 1. The summed E-state index contributed by atoms with van der Waals surface area (Å²) in [4.78, 5) is 45.2. The van der Waals surface area contributed by atoms with Crippen molar-refractivity contribution in [3.63, 3.8) is 0 Å². The van der Waals surface area contributed by atoms with Crippen molar-refractivity contribution < 1.29 is 9.59 Å². The first-order valence-corrected chi connectivity index (χ1v) is 11.9. The van der Waals surface area contributed by atoms with E-state index in [-0.39, 0.29) is 27.3 Å². The zero-order valence-electron chi connectivity index (χ0n) is 19.2. The zero-order valence-corrected chi connectivity index (χ0v) is 20.0. The van der Waals surface area contributed by atoms with Crippen molar-refractivity contribution in [3.8, 4) is 0 Å². The van der Waals surface area contributed by atoms with Gasteiger partial charge in [-0.1, -0.05) is 72.9 Å². The van der Waals surface area contributed by atoms with E-state index in [1.807, 2.05) is 60.7 Å². The molecular formula is C26H25N5O3S. The smallest absolute Gasteiger partial charge is 0.276 e. The van der Waals surface area contributed by atoms with Crippen molar-refractivity contribution in [1.82, 2.24) is 24.6 Å². The van der Waals surface area contributed by atoms with E-state index in [4.69, 9.17) is 12.2 Å². The molecule has 0 radical (unpaired) electrons. The number of amides is 1. The standard InChI is InChI=1S/C26H25N5O3S/c1-17(32)26(19-10-6-3-7-11-19)12-14-30(15-13-26)24(34)21(18-8-4-2-5-9-18)31-16-27-22-20(25(31)35)23(33)29-28-22/h2-11,16,21H,12-15H2,1H3,(H2,28,29,33). The molecule has 35 heavy (non-hydrogen) atoms. The summed E-state index contributed by atoms with van der Waals surface area (Å²) in [5.74, 6) is -0.0374. The SMILES string of the molecule is CC(=O)C1(c2ccccc2)CCN(C(=O)C(c2ccccc2)n2cnc3[nH][nH]c(=O)c3c2=S)CC1. The molecule has 2 N–H and O–H groups in total. The molecule has 8 nitrogen and oxygen atoms in total. The number of nitrogens with one attached hydrogen (secondary N) is 2. The summed E-state index contributed by atoms with van der Waals surface area (Å²) < 4.78 is 1.82. The van der Waals surface area contributed by atoms with E-state index in [1.54, 1.807) is 16.4 Å². The Morgan fingerprint density at radius 3 is 2.26 bits per heavy atom.